The molecule has 17 heavy (non-hydrogen) atoms. The van der Waals surface area contributed by atoms with E-state index in [1.54, 1.807) is 24.3 Å². The molecular weight excluding hydrogens is 220 g/mol. The molecule has 5 heteroatoms. The second-order valence-electron chi connectivity index (χ2n) is 3.91. The van der Waals surface area contributed by atoms with E-state index in [0.29, 0.717) is 11.3 Å². The molecule has 5 nitrogen and oxygen atoms in total. The van der Waals surface area contributed by atoms with Crippen LogP contribution < -0.4 is 4.90 Å². The molecule has 1 heterocycles. The third-order valence-corrected chi connectivity index (χ3v) is 2.76. The van der Waals surface area contributed by atoms with E-state index in [1.165, 1.54) is 4.90 Å². The van der Waals surface area contributed by atoms with Crippen LogP contribution in [-0.2, 0) is 9.59 Å². The van der Waals surface area contributed by atoms with Gasteiger partial charge in [0.05, 0.1) is 17.6 Å². The van der Waals surface area contributed by atoms with E-state index in [1.807, 2.05) is 6.07 Å². The molecule has 1 amide bonds. The lowest BCUT2D eigenvalue weighted by atomic mass is 10.1. The van der Waals surface area contributed by atoms with Crippen LogP contribution in [0.1, 0.15) is 12.0 Å². The minimum atomic E-state index is -0.961. The molecule has 2 rings (SSSR count). The molecule has 1 aliphatic heterocycles. The number of carbonyl (C=O) groups excluding carboxylic acids is 1. The zero-order valence-electron chi connectivity index (χ0n) is 8.96. The van der Waals surface area contributed by atoms with Gasteiger partial charge in [-0.1, -0.05) is 6.07 Å². The fraction of sp³-hybridized carbons (Fsp3) is 0.250. The van der Waals surface area contributed by atoms with E-state index in [4.69, 9.17) is 10.4 Å². The number of hydrogen-bond acceptors (Lipinski definition) is 3. The highest BCUT2D eigenvalue weighted by Gasteiger charge is 2.34. The maximum Gasteiger partial charge on any atom is 0.308 e. The lowest BCUT2D eigenvalue weighted by Crippen LogP contribution is -2.25. The Labute approximate surface area is 97.9 Å². The van der Waals surface area contributed by atoms with Gasteiger partial charge >= 0.3 is 5.97 Å². The quantitative estimate of drug-likeness (QED) is 0.821. The van der Waals surface area contributed by atoms with Crippen molar-refractivity contribution in [1.29, 1.82) is 5.26 Å². The minimum Gasteiger partial charge on any atom is -0.481 e. The SMILES string of the molecule is N#Cc1cccc(N2C[C@H](C(=O)O)CC2=O)c1. The van der Waals surface area contributed by atoms with Crippen LogP contribution in [0.25, 0.3) is 0 Å². The second-order valence-corrected chi connectivity index (χ2v) is 3.91. The van der Waals surface area contributed by atoms with Gasteiger partial charge in [-0.15, -0.1) is 0 Å². The lowest BCUT2D eigenvalue weighted by molar-refractivity contribution is -0.141. The standard InChI is InChI=1S/C12H10N2O3/c13-6-8-2-1-3-10(4-8)14-7-9(12(16)17)5-11(14)15/h1-4,9H,5,7H2,(H,16,17)/t9-/m1/s1. The second kappa shape index (κ2) is 4.26. The van der Waals surface area contributed by atoms with E-state index in [0.717, 1.165) is 0 Å². The molecule has 0 bridgehead atoms. The Balaban J connectivity index is 2.26. The summed E-state index contributed by atoms with van der Waals surface area (Å²) in [6, 6.07) is 8.58. The predicted molar refractivity (Wildman–Crippen MR) is 59.3 cm³/mol. The van der Waals surface area contributed by atoms with Crippen LogP contribution in [0.2, 0.25) is 0 Å². The molecule has 1 fully saturated rings. The number of amides is 1. The highest BCUT2D eigenvalue weighted by Crippen LogP contribution is 2.25. The summed E-state index contributed by atoms with van der Waals surface area (Å²) in [5.74, 6) is -1.84. The fourth-order valence-electron chi connectivity index (χ4n) is 1.87. The van der Waals surface area contributed by atoms with Crippen molar-refractivity contribution in [2.24, 2.45) is 5.92 Å². The van der Waals surface area contributed by atoms with Crippen molar-refractivity contribution in [3.8, 4) is 6.07 Å². The van der Waals surface area contributed by atoms with Crippen LogP contribution in [0.4, 0.5) is 5.69 Å². The summed E-state index contributed by atoms with van der Waals surface area (Å²) in [4.78, 5) is 23.9. The largest absolute Gasteiger partial charge is 0.481 e. The van der Waals surface area contributed by atoms with Crippen molar-refractivity contribution >= 4 is 17.6 Å². The molecule has 86 valence electrons. The molecule has 0 radical (unpaired) electrons. The maximum absolute atomic E-state index is 11.7. The summed E-state index contributed by atoms with van der Waals surface area (Å²) in [5, 5.41) is 17.6. The number of hydrogen-bond donors (Lipinski definition) is 1. The van der Waals surface area contributed by atoms with Crippen LogP contribution >= 0.6 is 0 Å². The Morgan fingerprint density at radius 3 is 2.88 bits per heavy atom. The number of rotatable bonds is 2. The van der Waals surface area contributed by atoms with Gasteiger partial charge in [0, 0.05) is 18.7 Å². The Kier molecular flexibility index (Phi) is 2.79. The maximum atomic E-state index is 11.7. The van der Waals surface area contributed by atoms with Crippen molar-refractivity contribution in [2.75, 3.05) is 11.4 Å². The first-order chi connectivity index (χ1) is 8.11. The summed E-state index contributed by atoms with van der Waals surface area (Å²) in [5.41, 5.74) is 1.03. The van der Waals surface area contributed by atoms with Crippen molar-refractivity contribution in [3.63, 3.8) is 0 Å². The normalized spacial score (nSPS) is 19.1. The monoisotopic (exact) mass is 230 g/mol. The molecule has 0 spiro atoms. The molecule has 1 aliphatic rings. The van der Waals surface area contributed by atoms with Crippen LogP contribution in [0.15, 0.2) is 24.3 Å². The van der Waals surface area contributed by atoms with Crippen LogP contribution in [-0.4, -0.2) is 23.5 Å². The van der Waals surface area contributed by atoms with Crippen molar-refractivity contribution in [3.05, 3.63) is 29.8 Å². The first kappa shape index (κ1) is 11.1. The zero-order valence-corrected chi connectivity index (χ0v) is 8.96. The third-order valence-electron chi connectivity index (χ3n) is 2.76. The number of benzene rings is 1. The molecule has 1 aromatic rings. The fourth-order valence-corrected chi connectivity index (χ4v) is 1.87. The number of carbonyl (C=O) groups is 2. The van der Waals surface area contributed by atoms with Crippen LogP contribution in [0.3, 0.4) is 0 Å². The molecule has 1 N–H and O–H groups in total. The van der Waals surface area contributed by atoms with Gasteiger partial charge in [-0.05, 0) is 18.2 Å². The molecule has 0 aliphatic carbocycles. The lowest BCUT2D eigenvalue weighted by Gasteiger charge is -2.16. The Bertz CT molecular complexity index is 519. The summed E-state index contributed by atoms with van der Waals surface area (Å²) in [7, 11) is 0. The van der Waals surface area contributed by atoms with Crippen LogP contribution in [0, 0.1) is 17.2 Å². The first-order valence-corrected chi connectivity index (χ1v) is 5.15. The number of carboxylic acid groups (broad SMARTS) is 1. The van der Waals surface area contributed by atoms with Gasteiger partial charge in [-0.25, -0.2) is 0 Å². The molecule has 0 saturated carbocycles. The minimum absolute atomic E-state index is 0.0200. The van der Waals surface area contributed by atoms with Crippen molar-refractivity contribution in [2.45, 2.75) is 6.42 Å². The average molecular weight is 230 g/mol. The summed E-state index contributed by atoms with van der Waals surface area (Å²) >= 11 is 0. The summed E-state index contributed by atoms with van der Waals surface area (Å²) < 4.78 is 0. The zero-order chi connectivity index (χ0) is 12.4. The van der Waals surface area contributed by atoms with E-state index < -0.39 is 11.9 Å². The van der Waals surface area contributed by atoms with E-state index in [9.17, 15) is 9.59 Å². The molecule has 1 atom stereocenters. The molecule has 1 saturated heterocycles. The third kappa shape index (κ3) is 2.11. The summed E-state index contributed by atoms with van der Waals surface area (Å²) in [6.45, 7) is 0.170. The molecule has 1 aromatic carbocycles. The van der Waals surface area contributed by atoms with E-state index >= 15 is 0 Å². The van der Waals surface area contributed by atoms with E-state index in [2.05, 4.69) is 0 Å². The van der Waals surface area contributed by atoms with E-state index in [-0.39, 0.29) is 18.9 Å². The summed E-state index contributed by atoms with van der Waals surface area (Å²) in [6.07, 6.45) is 0.0200. The van der Waals surface area contributed by atoms with Crippen LogP contribution in [0.5, 0.6) is 0 Å². The van der Waals surface area contributed by atoms with Gasteiger partial charge in [-0.2, -0.15) is 5.26 Å². The van der Waals surface area contributed by atoms with Gasteiger partial charge in [0.2, 0.25) is 5.91 Å². The van der Waals surface area contributed by atoms with Crippen molar-refractivity contribution < 1.29 is 14.7 Å². The van der Waals surface area contributed by atoms with Crippen molar-refractivity contribution in [1.82, 2.24) is 0 Å². The average Bonchev–Trinajstić information content (AvgIpc) is 2.72. The van der Waals surface area contributed by atoms with Gasteiger partial charge in [0.25, 0.3) is 0 Å². The Morgan fingerprint density at radius 1 is 1.53 bits per heavy atom. The Hall–Kier alpha value is -2.35. The smallest absolute Gasteiger partial charge is 0.308 e. The molecular formula is C12H10N2O3. The number of carboxylic acids is 1. The van der Waals surface area contributed by atoms with Gasteiger partial charge < -0.3 is 10.0 Å². The highest BCUT2D eigenvalue weighted by atomic mass is 16.4. The highest BCUT2D eigenvalue weighted by molar-refractivity contribution is 5.99. The Morgan fingerprint density at radius 2 is 2.29 bits per heavy atom. The predicted octanol–water partition coefficient (Wildman–Crippen LogP) is 0.996. The number of nitrogens with zero attached hydrogens (tertiary/aromatic N) is 2. The molecule has 0 unspecified atom stereocenters. The number of nitriles is 1. The van der Waals surface area contributed by atoms with Gasteiger partial charge in [-0.3, -0.25) is 9.59 Å². The first-order valence-electron chi connectivity index (χ1n) is 5.15. The van der Waals surface area contributed by atoms with Gasteiger partial charge in [0.15, 0.2) is 0 Å². The van der Waals surface area contributed by atoms with Gasteiger partial charge in [0.1, 0.15) is 0 Å². The molecule has 0 aromatic heterocycles. The topological polar surface area (TPSA) is 81.4 Å². The number of aliphatic carboxylic acids is 1. The number of anilines is 1.